The van der Waals surface area contributed by atoms with E-state index in [-0.39, 0.29) is 48.8 Å². The molecule has 1 aliphatic rings. The number of aliphatic hydroxyl groups excluding tert-OH is 1. The van der Waals surface area contributed by atoms with E-state index >= 15 is 0 Å². The van der Waals surface area contributed by atoms with Crippen molar-refractivity contribution in [3.8, 4) is 5.75 Å². The highest BCUT2D eigenvalue weighted by molar-refractivity contribution is 6.01. The molecule has 3 amide bonds. The first-order valence-electron chi connectivity index (χ1n) is 15.9. The Morgan fingerprint density at radius 1 is 1.02 bits per heavy atom. The minimum Gasteiger partial charge on any atom is -0.486 e. The first kappa shape index (κ1) is 34.4. The van der Waals surface area contributed by atoms with Gasteiger partial charge in [-0.05, 0) is 68.8 Å². The van der Waals surface area contributed by atoms with E-state index in [1.165, 1.54) is 0 Å². The molecule has 1 aliphatic heterocycles. The molecule has 4 rings (SSSR count). The number of carbonyl (C=O) groups excluding carboxylic acids is 3. The zero-order valence-electron chi connectivity index (χ0n) is 26.9. The van der Waals surface area contributed by atoms with Crippen molar-refractivity contribution in [2.45, 2.75) is 64.6 Å². The summed E-state index contributed by atoms with van der Waals surface area (Å²) in [6, 6.07) is 15.8. The molecule has 5 N–H and O–H groups in total. The number of hydrogen-bond acceptors (Lipinski definition) is 8. The van der Waals surface area contributed by atoms with Crippen LogP contribution in [0.1, 0.15) is 61.9 Å². The third-order valence-corrected chi connectivity index (χ3v) is 8.20. The lowest BCUT2D eigenvalue weighted by atomic mass is 9.98. The van der Waals surface area contributed by atoms with Gasteiger partial charge in [-0.15, -0.1) is 0 Å². The molecular formula is C35H46N6O5. The number of nitrogen functional groups attached to an aromatic ring is 1. The van der Waals surface area contributed by atoms with E-state index < -0.39 is 0 Å². The number of carbonyl (C=O) groups is 3. The number of hydrogen-bond donors (Lipinski definition) is 4. The maximum atomic E-state index is 13.7. The predicted octanol–water partition coefficient (Wildman–Crippen LogP) is 4.54. The van der Waals surface area contributed by atoms with Crippen LogP contribution in [0, 0.1) is 5.92 Å². The summed E-state index contributed by atoms with van der Waals surface area (Å²) in [6.07, 6.45) is 5.75. The Morgan fingerprint density at radius 3 is 2.35 bits per heavy atom. The van der Waals surface area contributed by atoms with Crippen LogP contribution in [0.4, 0.5) is 17.1 Å². The molecule has 0 saturated carbocycles. The number of aliphatic hydroxyl groups is 1. The lowest BCUT2D eigenvalue weighted by Gasteiger charge is -2.38. The van der Waals surface area contributed by atoms with Crippen molar-refractivity contribution in [3.63, 3.8) is 0 Å². The van der Waals surface area contributed by atoms with Crippen LogP contribution in [0.5, 0.6) is 5.75 Å². The van der Waals surface area contributed by atoms with Crippen LogP contribution < -0.4 is 21.1 Å². The van der Waals surface area contributed by atoms with Gasteiger partial charge in [-0.2, -0.15) is 0 Å². The molecule has 1 aromatic heterocycles. The number of anilines is 3. The maximum absolute atomic E-state index is 13.7. The Kier molecular flexibility index (Phi) is 12.5. The SMILES string of the molecule is C[C@H](CO)N1C[C@H](C)[C@@H](CN(C)Cc2ccncc2)Oc2c(NC(=O)CCCCCC(=O)Nc3ccccc3N)cccc2C1=O. The molecule has 246 valence electrons. The molecule has 2 aromatic carbocycles. The minimum absolute atomic E-state index is 0.0646. The fourth-order valence-corrected chi connectivity index (χ4v) is 5.52. The number of benzene rings is 2. The monoisotopic (exact) mass is 630 g/mol. The van der Waals surface area contributed by atoms with Crippen LogP contribution in [0.15, 0.2) is 67.0 Å². The predicted molar refractivity (Wildman–Crippen MR) is 179 cm³/mol. The molecule has 2 heterocycles. The summed E-state index contributed by atoms with van der Waals surface area (Å²) in [5, 5.41) is 15.7. The molecule has 0 unspecified atom stereocenters. The van der Waals surface area contributed by atoms with Crippen molar-refractivity contribution >= 4 is 34.8 Å². The Labute approximate surface area is 271 Å². The lowest BCUT2D eigenvalue weighted by molar-refractivity contribution is -0.116. The van der Waals surface area contributed by atoms with E-state index in [2.05, 4.69) is 20.5 Å². The normalized spacial score (nSPS) is 17.0. The Morgan fingerprint density at radius 2 is 1.67 bits per heavy atom. The third kappa shape index (κ3) is 9.51. The number of fused-ring (bicyclic) bond motifs is 1. The van der Waals surface area contributed by atoms with Gasteiger partial charge in [0.25, 0.3) is 5.91 Å². The zero-order valence-corrected chi connectivity index (χ0v) is 26.9. The number of nitrogens with two attached hydrogens (primary N) is 1. The van der Waals surface area contributed by atoms with Gasteiger partial charge < -0.3 is 31.1 Å². The molecule has 46 heavy (non-hydrogen) atoms. The zero-order chi connectivity index (χ0) is 33.1. The van der Waals surface area contributed by atoms with Crippen molar-refractivity contribution in [1.82, 2.24) is 14.8 Å². The Bertz CT molecular complexity index is 1470. The van der Waals surface area contributed by atoms with E-state index in [0.29, 0.717) is 73.7 Å². The van der Waals surface area contributed by atoms with E-state index in [1.54, 1.807) is 47.6 Å². The molecule has 3 atom stereocenters. The van der Waals surface area contributed by atoms with Crippen LogP contribution in [0.2, 0.25) is 0 Å². The van der Waals surface area contributed by atoms with Crippen molar-refractivity contribution in [3.05, 3.63) is 78.1 Å². The minimum atomic E-state index is -0.388. The van der Waals surface area contributed by atoms with Gasteiger partial charge in [0, 0.05) is 50.8 Å². The number of unbranched alkanes of at least 4 members (excludes halogenated alkanes) is 2. The molecule has 3 aromatic rings. The summed E-state index contributed by atoms with van der Waals surface area (Å²) in [5.74, 6) is -0.301. The van der Waals surface area contributed by atoms with Gasteiger partial charge >= 0.3 is 0 Å². The molecule has 0 fully saturated rings. The van der Waals surface area contributed by atoms with Crippen LogP contribution in [-0.4, -0.2) is 76.5 Å². The standard InChI is InChI=1S/C35H46N6O5/c1-24-20-41(25(2)23-42)35(45)27-10-9-13-30(34(27)46-31(24)22-40(3)21-26-16-18-37-19-17-26)39-33(44)15-6-4-5-14-32(43)38-29-12-8-7-11-28(29)36/h7-13,16-19,24-25,31,42H,4-6,14-15,20-23,36H2,1-3H3,(H,38,43)(H,39,44)/t24-,25+,31+/m0/s1. The molecule has 0 bridgehead atoms. The van der Waals surface area contributed by atoms with Gasteiger partial charge in [0.2, 0.25) is 11.8 Å². The number of rotatable bonds is 14. The molecule has 11 nitrogen and oxygen atoms in total. The Balaban J connectivity index is 1.41. The summed E-state index contributed by atoms with van der Waals surface area (Å²) in [5.41, 5.74) is 8.90. The lowest BCUT2D eigenvalue weighted by Crippen LogP contribution is -2.49. The number of pyridine rings is 1. The van der Waals surface area contributed by atoms with Gasteiger partial charge in [-0.1, -0.05) is 31.5 Å². The molecule has 0 radical (unpaired) electrons. The number of amides is 3. The second kappa shape index (κ2) is 16.7. The topological polar surface area (TPSA) is 150 Å². The smallest absolute Gasteiger partial charge is 0.258 e. The molecule has 0 spiro atoms. The van der Waals surface area contributed by atoms with Gasteiger partial charge in [0.05, 0.1) is 35.3 Å². The first-order chi connectivity index (χ1) is 22.2. The van der Waals surface area contributed by atoms with Gasteiger partial charge in [-0.3, -0.25) is 24.3 Å². The van der Waals surface area contributed by atoms with Gasteiger partial charge in [-0.25, -0.2) is 0 Å². The number of likely N-dealkylation sites (N-methyl/N-ethyl adjacent to an activating group) is 1. The molecule has 11 heteroatoms. The van der Waals surface area contributed by atoms with Crippen LogP contribution in [-0.2, 0) is 16.1 Å². The fraction of sp³-hybridized carbons (Fsp3) is 0.429. The van der Waals surface area contributed by atoms with E-state index in [1.807, 2.05) is 45.2 Å². The van der Waals surface area contributed by atoms with Gasteiger partial charge in [0.1, 0.15) is 6.10 Å². The van der Waals surface area contributed by atoms with Crippen molar-refractivity contribution < 1.29 is 24.2 Å². The largest absolute Gasteiger partial charge is 0.486 e. The molecule has 0 saturated heterocycles. The van der Waals surface area contributed by atoms with E-state index in [9.17, 15) is 19.5 Å². The summed E-state index contributed by atoms with van der Waals surface area (Å²) in [4.78, 5) is 47.0. The van der Waals surface area contributed by atoms with Crippen LogP contribution >= 0.6 is 0 Å². The molecule has 0 aliphatic carbocycles. The highest BCUT2D eigenvalue weighted by atomic mass is 16.5. The number of aromatic nitrogens is 1. The van der Waals surface area contributed by atoms with Crippen molar-refractivity contribution in [2.24, 2.45) is 5.92 Å². The van der Waals surface area contributed by atoms with Crippen LogP contribution in [0.25, 0.3) is 0 Å². The number of ether oxygens (including phenoxy) is 1. The van der Waals surface area contributed by atoms with Gasteiger partial charge in [0.15, 0.2) is 5.75 Å². The second-order valence-corrected chi connectivity index (χ2v) is 12.1. The van der Waals surface area contributed by atoms with E-state index in [0.717, 1.165) is 5.56 Å². The first-order valence-corrected chi connectivity index (χ1v) is 15.9. The van der Waals surface area contributed by atoms with Crippen molar-refractivity contribution in [2.75, 3.05) is 43.1 Å². The Hall–Kier alpha value is -4.48. The van der Waals surface area contributed by atoms with Crippen LogP contribution in [0.3, 0.4) is 0 Å². The van der Waals surface area contributed by atoms with Crippen molar-refractivity contribution in [1.29, 1.82) is 0 Å². The summed E-state index contributed by atoms with van der Waals surface area (Å²) in [7, 11) is 2.02. The highest BCUT2D eigenvalue weighted by Crippen LogP contribution is 2.35. The quantitative estimate of drug-likeness (QED) is 0.150. The average Bonchev–Trinajstić information content (AvgIpc) is 3.04. The number of para-hydroxylation sites is 3. The average molecular weight is 631 g/mol. The second-order valence-electron chi connectivity index (χ2n) is 12.1. The summed E-state index contributed by atoms with van der Waals surface area (Å²) < 4.78 is 6.62. The summed E-state index contributed by atoms with van der Waals surface area (Å²) in [6.45, 7) is 5.38. The third-order valence-electron chi connectivity index (χ3n) is 8.20. The molecular weight excluding hydrogens is 584 g/mol. The van der Waals surface area contributed by atoms with E-state index in [4.69, 9.17) is 10.5 Å². The fourth-order valence-electron chi connectivity index (χ4n) is 5.52. The number of nitrogens with one attached hydrogen (secondary N) is 2. The maximum Gasteiger partial charge on any atom is 0.258 e. The highest BCUT2D eigenvalue weighted by Gasteiger charge is 2.34. The summed E-state index contributed by atoms with van der Waals surface area (Å²) >= 11 is 0. The number of nitrogens with zero attached hydrogens (tertiary/aromatic N) is 3.